The van der Waals surface area contributed by atoms with E-state index >= 15 is 0 Å². The number of sulfonamides is 1. The molecule has 29 heavy (non-hydrogen) atoms. The molecule has 9 heteroatoms. The molecule has 0 bridgehead atoms. The first-order chi connectivity index (χ1) is 13.9. The summed E-state index contributed by atoms with van der Waals surface area (Å²) < 4.78 is 27.8. The Labute approximate surface area is 176 Å². The number of nitrogens with zero attached hydrogens (tertiary/aromatic N) is 2. The Bertz CT molecular complexity index is 1230. The number of pyridine rings is 1. The van der Waals surface area contributed by atoms with Gasteiger partial charge in [0, 0.05) is 47.6 Å². The molecule has 7 nitrogen and oxygen atoms in total. The van der Waals surface area contributed by atoms with Crippen LogP contribution in [0.5, 0.6) is 0 Å². The number of rotatable bonds is 3. The summed E-state index contributed by atoms with van der Waals surface area (Å²) in [5, 5.41) is 0.669. The molecule has 4 rings (SSSR count). The van der Waals surface area contributed by atoms with Gasteiger partial charge in [-0.2, -0.15) is 4.31 Å². The molecular formula is C20H18BrN3O4S. The Kier molecular flexibility index (Phi) is 5.28. The molecule has 1 N–H and O–H groups in total. The van der Waals surface area contributed by atoms with Crippen molar-refractivity contribution in [3.05, 3.63) is 75.0 Å². The fourth-order valence-corrected chi connectivity index (χ4v) is 5.13. The van der Waals surface area contributed by atoms with Crippen LogP contribution in [0.3, 0.4) is 0 Å². The summed E-state index contributed by atoms with van der Waals surface area (Å²) in [4.78, 5) is 29.5. The second-order valence-electron chi connectivity index (χ2n) is 6.74. The van der Waals surface area contributed by atoms with Crippen molar-refractivity contribution in [2.75, 3.05) is 26.2 Å². The van der Waals surface area contributed by atoms with Crippen molar-refractivity contribution in [2.24, 2.45) is 0 Å². The normalized spacial score (nSPS) is 15.6. The number of para-hydroxylation sites is 1. The SMILES string of the molecule is O=C(c1cc(=O)[nH]c2ccccc12)N1CCN(S(=O)(=O)c2ccc(Br)cc2)CC1. The van der Waals surface area contributed by atoms with Crippen LogP contribution in [0, 0.1) is 0 Å². The van der Waals surface area contributed by atoms with Crippen molar-refractivity contribution in [3.63, 3.8) is 0 Å². The third-order valence-electron chi connectivity index (χ3n) is 4.96. The van der Waals surface area contributed by atoms with E-state index in [9.17, 15) is 18.0 Å². The minimum atomic E-state index is -3.61. The quantitative estimate of drug-likeness (QED) is 0.629. The lowest BCUT2D eigenvalue weighted by molar-refractivity contribution is 0.0699. The summed E-state index contributed by atoms with van der Waals surface area (Å²) in [6.45, 7) is 0.919. The van der Waals surface area contributed by atoms with Gasteiger partial charge in [0.15, 0.2) is 0 Å². The highest BCUT2D eigenvalue weighted by atomic mass is 79.9. The Hall–Kier alpha value is -2.49. The third kappa shape index (κ3) is 3.85. The number of hydrogen-bond acceptors (Lipinski definition) is 4. The number of fused-ring (bicyclic) bond motifs is 1. The van der Waals surface area contributed by atoms with Gasteiger partial charge in [0.2, 0.25) is 15.6 Å². The van der Waals surface area contributed by atoms with E-state index in [4.69, 9.17) is 0 Å². The van der Waals surface area contributed by atoms with Crippen molar-refractivity contribution in [1.29, 1.82) is 0 Å². The van der Waals surface area contributed by atoms with E-state index in [-0.39, 0.29) is 42.5 Å². The fourth-order valence-electron chi connectivity index (χ4n) is 3.44. The maximum Gasteiger partial charge on any atom is 0.254 e. The van der Waals surface area contributed by atoms with Crippen LogP contribution in [-0.4, -0.2) is 54.7 Å². The average Bonchev–Trinajstić information content (AvgIpc) is 2.73. The molecule has 0 atom stereocenters. The highest BCUT2D eigenvalue weighted by Gasteiger charge is 2.31. The lowest BCUT2D eigenvalue weighted by Crippen LogP contribution is -2.50. The number of aromatic amines is 1. The van der Waals surface area contributed by atoms with E-state index < -0.39 is 10.0 Å². The first kappa shape index (κ1) is 19.8. The molecule has 1 aliphatic heterocycles. The highest BCUT2D eigenvalue weighted by Crippen LogP contribution is 2.22. The van der Waals surface area contributed by atoms with Crippen LogP contribution < -0.4 is 5.56 Å². The summed E-state index contributed by atoms with van der Waals surface area (Å²) in [6.07, 6.45) is 0. The van der Waals surface area contributed by atoms with Crippen LogP contribution in [0.4, 0.5) is 0 Å². The van der Waals surface area contributed by atoms with Crippen LogP contribution in [-0.2, 0) is 10.0 Å². The summed E-state index contributed by atoms with van der Waals surface area (Å²) in [7, 11) is -3.61. The Balaban J connectivity index is 1.54. The summed E-state index contributed by atoms with van der Waals surface area (Å²) in [5.41, 5.74) is 0.580. The van der Waals surface area contributed by atoms with E-state index in [1.165, 1.54) is 10.4 Å². The topological polar surface area (TPSA) is 90.6 Å². The second-order valence-corrected chi connectivity index (χ2v) is 9.60. The molecule has 1 fully saturated rings. The number of piperazine rings is 1. The standard InChI is InChI=1S/C20H18BrN3O4S/c21-14-5-7-15(8-6-14)29(27,28)24-11-9-23(10-12-24)20(26)17-13-19(25)22-18-4-2-1-3-16(17)18/h1-8,13H,9-12H2,(H,22,25). The number of nitrogens with one attached hydrogen (secondary N) is 1. The maximum atomic E-state index is 13.0. The third-order valence-corrected chi connectivity index (χ3v) is 7.40. The Morgan fingerprint density at radius 2 is 1.62 bits per heavy atom. The van der Waals surface area contributed by atoms with Crippen LogP contribution >= 0.6 is 15.9 Å². The number of hydrogen-bond donors (Lipinski definition) is 1. The van der Waals surface area contributed by atoms with Crippen molar-refractivity contribution in [1.82, 2.24) is 14.2 Å². The average molecular weight is 476 g/mol. The van der Waals surface area contributed by atoms with Crippen LogP contribution in [0.25, 0.3) is 10.9 Å². The van der Waals surface area contributed by atoms with Gasteiger partial charge in [0.1, 0.15) is 0 Å². The molecule has 0 unspecified atom stereocenters. The molecule has 0 aliphatic carbocycles. The van der Waals surface area contributed by atoms with Crippen LogP contribution in [0.15, 0.2) is 68.8 Å². The summed E-state index contributed by atoms with van der Waals surface area (Å²) >= 11 is 3.30. The first-order valence-electron chi connectivity index (χ1n) is 9.03. The molecule has 1 amide bonds. The Morgan fingerprint density at radius 3 is 2.31 bits per heavy atom. The molecule has 150 valence electrons. The monoisotopic (exact) mass is 475 g/mol. The molecule has 1 aliphatic rings. The van der Waals surface area contributed by atoms with Gasteiger partial charge in [0.25, 0.3) is 5.91 Å². The number of carbonyl (C=O) groups is 1. The molecule has 2 heterocycles. The van der Waals surface area contributed by atoms with E-state index in [1.54, 1.807) is 53.4 Å². The lowest BCUT2D eigenvalue weighted by atomic mass is 10.1. The molecule has 2 aromatic carbocycles. The van der Waals surface area contributed by atoms with Gasteiger partial charge in [-0.3, -0.25) is 9.59 Å². The highest BCUT2D eigenvalue weighted by molar-refractivity contribution is 9.10. The maximum absolute atomic E-state index is 13.0. The van der Waals surface area contributed by atoms with E-state index in [0.717, 1.165) is 4.47 Å². The zero-order valence-corrected chi connectivity index (χ0v) is 17.7. The number of aromatic nitrogens is 1. The predicted molar refractivity (Wildman–Crippen MR) is 113 cm³/mol. The molecule has 0 radical (unpaired) electrons. The van der Waals surface area contributed by atoms with Crippen molar-refractivity contribution < 1.29 is 13.2 Å². The zero-order valence-electron chi connectivity index (χ0n) is 15.3. The molecular weight excluding hydrogens is 458 g/mol. The van der Waals surface area contributed by atoms with Gasteiger partial charge < -0.3 is 9.88 Å². The molecule has 1 aromatic heterocycles. The zero-order chi connectivity index (χ0) is 20.6. The van der Waals surface area contributed by atoms with Crippen LogP contribution in [0.1, 0.15) is 10.4 Å². The minimum absolute atomic E-state index is 0.200. The van der Waals surface area contributed by atoms with Crippen LogP contribution in [0.2, 0.25) is 0 Å². The fraction of sp³-hybridized carbons (Fsp3) is 0.200. The number of carbonyl (C=O) groups excluding carboxylic acids is 1. The van der Waals surface area contributed by atoms with E-state index in [1.807, 2.05) is 0 Å². The van der Waals surface area contributed by atoms with E-state index in [2.05, 4.69) is 20.9 Å². The molecule has 1 saturated heterocycles. The van der Waals surface area contributed by atoms with Gasteiger partial charge in [-0.25, -0.2) is 8.42 Å². The van der Waals surface area contributed by atoms with E-state index in [0.29, 0.717) is 16.5 Å². The number of halogens is 1. The van der Waals surface area contributed by atoms with Gasteiger partial charge in [-0.15, -0.1) is 0 Å². The molecule has 0 saturated carbocycles. The minimum Gasteiger partial charge on any atom is -0.336 e. The van der Waals surface area contributed by atoms with Gasteiger partial charge in [0.05, 0.1) is 10.5 Å². The first-order valence-corrected chi connectivity index (χ1v) is 11.3. The van der Waals surface area contributed by atoms with Crippen molar-refractivity contribution in [2.45, 2.75) is 4.90 Å². The van der Waals surface area contributed by atoms with Crippen molar-refractivity contribution >= 4 is 42.8 Å². The van der Waals surface area contributed by atoms with Gasteiger partial charge in [-0.05, 0) is 30.3 Å². The number of amides is 1. The number of H-pyrrole nitrogens is 1. The van der Waals surface area contributed by atoms with Gasteiger partial charge in [-0.1, -0.05) is 34.1 Å². The van der Waals surface area contributed by atoms with Gasteiger partial charge >= 0.3 is 0 Å². The number of benzene rings is 2. The largest absolute Gasteiger partial charge is 0.336 e. The predicted octanol–water partition coefficient (Wildman–Crippen LogP) is 2.44. The van der Waals surface area contributed by atoms with Crippen molar-refractivity contribution in [3.8, 4) is 0 Å². The Morgan fingerprint density at radius 1 is 0.966 bits per heavy atom. The molecule has 3 aromatic rings. The smallest absolute Gasteiger partial charge is 0.254 e. The summed E-state index contributed by atoms with van der Waals surface area (Å²) in [6, 6.07) is 14.9. The molecule has 0 spiro atoms. The lowest BCUT2D eigenvalue weighted by Gasteiger charge is -2.34. The second kappa shape index (κ2) is 7.74. The summed E-state index contributed by atoms with van der Waals surface area (Å²) in [5.74, 6) is -0.270.